The van der Waals surface area contributed by atoms with Gasteiger partial charge < -0.3 is 15.1 Å². The number of fused-ring (bicyclic) bond motifs is 1. The van der Waals surface area contributed by atoms with Gasteiger partial charge in [0, 0.05) is 47.8 Å². The lowest BCUT2D eigenvalue weighted by atomic mass is 10.0. The highest BCUT2D eigenvalue weighted by atomic mass is 35.5. The molecule has 1 aliphatic rings. The van der Waals surface area contributed by atoms with Gasteiger partial charge >= 0.3 is 0 Å². The standard InChI is InChI=1S/C22H21Cl2N3O/c1-26-10-12-27(13-11-26)21-9-8-15(14-20(21)24)25-22(28)18-6-2-5-17-16(18)4-3-7-19(17)23/h2-9,14H,10-13H2,1H3,(H,25,28). The van der Waals surface area contributed by atoms with Crippen LogP contribution in [-0.2, 0) is 0 Å². The van der Waals surface area contributed by atoms with Crippen LogP contribution in [0.3, 0.4) is 0 Å². The summed E-state index contributed by atoms with van der Waals surface area (Å²) in [4.78, 5) is 17.4. The van der Waals surface area contributed by atoms with Gasteiger partial charge in [0.25, 0.3) is 5.91 Å². The molecule has 1 heterocycles. The zero-order valence-electron chi connectivity index (χ0n) is 15.6. The highest BCUT2D eigenvalue weighted by Gasteiger charge is 2.17. The second-order valence-electron chi connectivity index (χ2n) is 7.05. The van der Waals surface area contributed by atoms with E-state index in [2.05, 4.69) is 22.2 Å². The van der Waals surface area contributed by atoms with Gasteiger partial charge in [-0.1, -0.05) is 47.5 Å². The van der Waals surface area contributed by atoms with Crippen molar-refractivity contribution in [1.82, 2.24) is 4.90 Å². The van der Waals surface area contributed by atoms with Gasteiger partial charge in [0.1, 0.15) is 0 Å². The van der Waals surface area contributed by atoms with Gasteiger partial charge in [-0.05, 0) is 42.8 Å². The number of anilines is 2. The van der Waals surface area contributed by atoms with Crippen molar-refractivity contribution in [1.29, 1.82) is 0 Å². The Balaban J connectivity index is 1.56. The van der Waals surface area contributed by atoms with Crippen molar-refractivity contribution in [2.45, 2.75) is 0 Å². The minimum atomic E-state index is -0.184. The number of benzene rings is 3. The number of amides is 1. The first-order chi connectivity index (χ1) is 13.5. The second kappa shape index (κ2) is 8.00. The molecule has 1 amide bonds. The molecule has 0 bridgehead atoms. The molecule has 0 saturated carbocycles. The highest BCUT2D eigenvalue weighted by molar-refractivity contribution is 6.36. The quantitative estimate of drug-likeness (QED) is 0.644. The molecule has 0 atom stereocenters. The molecule has 0 spiro atoms. The van der Waals surface area contributed by atoms with Gasteiger partial charge in [0.05, 0.1) is 10.7 Å². The molecular formula is C22H21Cl2N3O. The fourth-order valence-electron chi connectivity index (χ4n) is 3.56. The van der Waals surface area contributed by atoms with Crippen LogP contribution in [-0.4, -0.2) is 44.0 Å². The van der Waals surface area contributed by atoms with Crippen LogP contribution in [0.1, 0.15) is 10.4 Å². The first-order valence-corrected chi connectivity index (χ1v) is 10.00. The molecule has 1 N–H and O–H groups in total. The number of nitrogens with zero attached hydrogens (tertiary/aromatic N) is 2. The Bertz CT molecular complexity index is 1030. The molecule has 6 heteroatoms. The van der Waals surface area contributed by atoms with Crippen LogP contribution >= 0.6 is 23.2 Å². The van der Waals surface area contributed by atoms with Crippen LogP contribution in [0.4, 0.5) is 11.4 Å². The lowest BCUT2D eigenvalue weighted by Gasteiger charge is -2.34. The summed E-state index contributed by atoms with van der Waals surface area (Å²) in [5, 5.41) is 5.92. The van der Waals surface area contributed by atoms with Gasteiger partial charge in [-0.25, -0.2) is 0 Å². The third kappa shape index (κ3) is 3.81. The van der Waals surface area contributed by atoms with Gasteiger partial charge in [0.15, 0.2) is 0 Å². The maximum atomic E-state index is 12.9. The minimum absolute atomic E-state index is 0.184. The number of piperazine rings is 1. The van der Waals surface area contributed by atoms with Crippen molar-refractivity contribution in [2.24, 2.45) is 0 Å². The van der Waals surface area contributed by atoms with E-state index >= 15 is 0 Å². The zero-order chi connectivity index (χ0) is 19.7. The van der Waals surface area contributed by atoms with E-state index < -0.39 is 0 Å². The number of likely N-dealkylation sites (N-methyl/N-ethyl adjacent to an activating group) is 1. The Morgan fingerprint density at radius 1 is 0.893 bits per heavy atom. The van der Waals surface area contributed by atoms with E-state index in [-0.39, 0.29) is 5.91 Å². The van der Waals surface area contributed by atoms with E-state index in [1.165, 1.54) is 0 Å². The van der Waals surface area contributed by atoms with Gasteiger partial charge in [-0.3, -0.25) is 4.79 Å². The summed E-state index contributed by atoms with van der Waals surface area (Å²) >= 11 is 12.8. The van der Waals surface area contributed by atoms with Crippen LogP contribution in [0.2, 0.25) is 10.0 Å². The Labute approximate surface area is 174 Å². The molecule has 144 valence electrons. The van der Waals surface area contributed by atoms with Gasteiger partial charge in [0.2, 0.25) is 0 Å². The fraction of sp³-hybridized carbons (Fsp3) is 0.227. The highest BCUT2D eigenvalue weighted by Crippen LogP contribution is 2.31. The molecular weight excluding hydrogens is 393 g/mol. The summed E-state index contributed by atoms with van der Waals surface area (Å²) in [5.41, 5.74) is 2.26. The second-order valence-corrected chi connectivity index (χ2v) is 7.87. The number of hydrogen-bond donors (Lipinski definition) is 1. The number of rotatable bonds is 3. The Morgan fingerprint density at radius 2 is 1.61 bits per heavy atom. The predicted molar refractivity (Wildman–Crippen MR) is 118 cm³/mol. The maximum absolute atomic E-state index is 12.9. The number of carbonyl (C=O) groups excluding carboxylic acids is 1. The Kier molecular flexibility index (Phi) is 5.44. The molecule has 3 aromatic rings. The molecule has 0 unspecified atom stereocenters. The SMILES string of the molecule is CN1CCN(c2ccc(NC(=O)c3cccc4c(Cl)cccc34)cc2Cl)CC1. The third-order valence-electron chi connectivity index (χ3n) is 5.16. The number of halogens is 2. The number of carbonyl (C=O) groups is 1. The van der Waals surface area contributed by atoms with Crippen LogP contribution in [0.15, 0.2) is 54.6 Å². The molecule has 1 aliphatic heterocycles. The Morgan fingerprint density at radius 3 is 2.36 bits per heavy atom. The molecule has 28 heavy (non-hydrogen) atoms. The lowest BCUT2D eigenvalue weighted by molar-refractivity contribution is 0.102. The van der Waals surface area contributed by atoms with Crippen LogP contribution in [0, 0.1) is 0 Å². The minimum Gasteiger partial charge on any atom is -0.368 e. The smallest absolute Gasteiger partial charge is 0.256 e. The summed E-state index contributed by atoms with van der Waals surface area (Å²) < 4.78 is 0. The normalized spacial score (nSPS) is 15.0. The molecule has 3 aromatic carbocycles. The van der Waals surface area contributed by atoms with Crippen molar-refractivity contribution in [3.05, 3.63) is 70.2 Å². The predicted octanol–water partition coefficient (Wildman–Crippen LogP) is 5.15. The topological polar surface area (TPSA) is 35.6 Å². The summed E-state index contributed by atoms with van der Waals surface area (Å²) in [7, 11) is 2.12. The van der Waals surface area contributed by atoms with E-state index in [1.807, 2.05) is 48.5 Å². The van der Waals surface area contributed by atoms with Crippen LogP contribution < -0.4 is 10.2 Å². The summed E-state index contributed by atoms with van der Waals surface area (Å²) in [6, 6.07) is 16.8. The zero-order valence-corrected chi connectivity index (χ0v) is 17.1. The molecule has 1 saturated heterocycles. The summed E-state index contributed by atoms with van der Waals surface area (Å²) in [6.45, 7) is 3.91. The molecule has 1 fully saturated rings. The number of nitrogens with one attached hydrogen (secondary N) is 1. The first kappa shape index (κ1) is 19.1. The molecule has 0 radical (unpaired) electrons. The van der Waals surface area contributed by atoms with Crippen molar-refractivity contribution in [3.8, 4) is 0 Å². The average molecular weight is 414 g/mol. The molecule has 0 aliphatic carbocycles. The van der Waals surface area contributed by atoms with E-state index in [0.29, 0.717) is 21.3 Å². The van der Waals surface area contributed by atoms with E-state index in [4.69, 9.17) is 23.2 Å². The summed E-state index contributed by atoms with van der Waals surface area (Å²) in [5.74, 6) is -0.184. The maximum Gasteiger partial charge on any atom is 0.256 e. The van der Waals surface area contributed by atoms with Gasteiger partial charge in [-0.2, -0.15) is 0 Å². The lowest BCUT2D eigenvalue weighted by Crippen LogP contribution is -2.44. The molecule has 4 rings (SSSR count). The van der Waals surface area contributed by atoms with E-state index in [0.717, 1.165) is 42.6 Å². The summed E-state index contributed by atoms with van der Waals surface area (Å²) in [6.07, 6.45) is 0. The molecule has 4 nitrogen and oxygen atoms in total. The van der Waals surface area contributed by atoms with Crippen molar-refractivity contribution >= 4 is 51.3 Å². The van der Waals surface area contributed by atoms with E-state index in [1.54, 1.807) is 6.07 Å². The monoisotopic (exact) mass is 413 g/mol. The van der Waals surface area contributed by atoms with Crippen LogP contribution in [0.25, 0.3) is 10.8 Å². The third-order valence-corrected chi connectivity index (χ3v) is 5.80. The van der Waals surface area contributed by atoms with Crippen molar-refractivity contribution in [3.63, 3.8) is 0 Å². The van der Waals surface area contributed by atoms with E-state index in [9.17, 15) is 4.79 Å². The average Bonchev–Trinajstić information content (AvgIpc) is 2.69. The van der Waals surface area contributed by atoms with Gasteiger partial charge in [-0.15, -0.1) is 0 Å². The molecule has 0 aromatic heterocycles. The fourth-order valence-corrected chi connectivity index (χ4v) is 4.09. The van der Waals surface area contributed by atoms with Crippen molar-refractivity contribution in [2.75, 3.05) is 43.4 Å². The first-order valence-electron chi connectivity index (χ1n) is 9.24. The van der Waals surface area contributed by atoms with Crippen molar-refractivity contribution < 1.29 is 4.79 Å². The number of hydrogen-bond acceptors (Lipinski definition) is 3. The Hall–Kier alpha value is -2.27. The van der Waals surface area contributed by atoms with Crippen LogP contribution in [0.5, 0.6) is 0 Å². The largest absolute Gasteiger partial charge is 0.368 e.